The number of hydrogen-bond donors (Lipinski definition) is 2. The molecule has 23 heavy (non-hydrogen) atoms. The van der Waals surface area contributed by atoms with E-state index < -0.39 is 11.8 Å². The lowest BCUT2D eigenvalue weighted by Crippen LogP contribution is -2.46. The van der Waals surface area contributed by atoms with Gasteiger partial charge >= 0.3 is 0 Å². The molecule has 122 valence electrons. The van der Waals surface area contributed by atoms with Crippen LogP contribution in [0.1, 0.15) is 46.4 Å². The van der Waals surface area contributed by atoms with Crippen LogP contribution in [0.4, 0.5) is 0 Å². The standard InChI is InChI=1S/C16H18BrN3O3/c17-9-1-6-12-13(7-9)16(23)20(15(12)22)8-14(21)19-11-4-2-10(18)3-5-11/h1,6-7,10-11H,2-5,8,18H2,(H,19,21). The molecule has 6 nitrogen and oxygen atoms in total. The maximum absolute atomic E-state index is 12.3. The Bertz CT molecular complexity index is 669. The molecule has 3 N–H and O–H groups in total. The molecule has 1 aromatic carbocycles. The van der Waals surface area contributed by atoms with Gasteiger partial charge in [0.25, 0.3) is 11.8 Å². The van der Waals surface area contributed by atoms with Crippen LogP contribution in [0.25, 0.3) is 0 Å². The molecule has 1 saturated carbocycles. The number of rotatable bonds is 3. The zero-order valence-electron chi connectivity index (χ0n) is 12.5. The van der Waals surface area contributed by atoms with Crippen molar-refractivity contribution < 1.29 is 14.4 Å². The average molecular weight is 380 g/mol. The topological polar surface area (TPSA) is 92.5 Å². The van der Waals surface area contributed by atoms with Crippen molar-refractivity contribution in [3.05, 3.63) is 33.8 Å². The molecule has 0 radical (unpaired) electrons. The highest BCUT2D eigenvalue weighted by atomic mass is 79.9. The number of amides is 3. The Hall–Kier alpha value is -1.73. The molecule has 0 spiro atoms. The third kappa shape index (κ3) is 3.30. The molecule has 2 aliphatic rings. The molecule has 0 saturated heterocycles. The fourth-order valence-electron chi connectivity index (χ4n) is 3.09. The average Bonchev–Trinajstić information content (AvgIpc) is 2.74. The maximum atomic E-state index is 12.3. The second kappa shape index (κ2) is 6.41. The molecule has 0 bridgehead atoms. The third-order valence-corrected chi connectivity index (χ3v) is 4.86. The van der Waals surface area contributed by atoms with Crippen LogP contribution in [-0.2, 0) is 4.79 Å². The molecular formula is C16H18BrN3O3. The molecule has 3 rings (SSSR count). The van der Waals surface area contributed by atoms with E-state index in [9.17, 15) is 14.4 Å². The zero-order valence-corrected chi connectivity index (χ0v) is 14.1. The van der Waals surface area contributed by atoms with Gasteiger partial charge in [-0.2, -0.15) is 0 Å². The highest BCUT2D eigenvalue weighted by Crippen LogP contribution is 2.26. The number of nitrogens with two attached hydrogens (primary N) is 1. The largest absolute Gasteiger partial charge is 0.352 e. The van der Waals surface area contributed by atoms with Crippen molar-refractivity contribution in [2.45, 2.75) is 37.8 Å². The van der Waals surface area contributed by atoms with Gasteiger partial charge in [-0.15, -0.1) is 0 Å². The fraction of sp³-hybridized carbons (Fsp3) is 0.438. The highest BCUT2D eigenvalue weighted by molar-refractivity contribution is 9.10. The molecule has 0 atom stereocenters. The Kier molecular flexibility index (Phi) is 4.50. The van der Waals surface area contributed by atoms with E-state index in [1.165, 1.54) is 0 Å². The summed E-state index contributed by atoms with van der Waals surface area (Å²) in [6, 6.07) is 5.19. The lowest BCUT2D eigenvalue weighted by Gasteiger charge is -2.27. The molecule has 0 unspecified atom stereocenters. The van der Waals surface area contributed by atoms with E-state index in [4.69, 9.17) is 5.73 Å². The number of fused-ring (bicyclic) bond motifs is 1. The summed E-state index contributed by atoms with van der Waals surface area (Å²) in [7, 11) is 0. The van der Waals surface area contributed by atoms with Crippen LogP contribution in [-0.4, -0.2) is 41.2 Å². The summed E-state index contributed by atoms with van der Waals surface area (Å²) in [5.41, 5.74) is 6.52. The predicted molar refractivity (Wildman–Crippen MR) is 87.9 cm³/mol. The summed E-state index contributed by atoms with van der Waals surface area (Å²) in [5.74, 6) is -1.15. The Morgan fingerprint density at radius 1 is 1.17 bits per heavy atom. The van der Waals surface area contributed by atoms with Crippen molar-refractivity contribution >= 4 is 33.7 Å². The third-order valence-electron chi connectivity index (χ3n) is 4.37. The number of hydrogen-bond acceptors (Lipinski definition) is 4. The van der Waals surface area contributed by atoms with Gasteiger partial charge in [-0.3, -0.25) is 19.3 Å². The van der Waals surface area contributed by atoms with Gasteiger partial charge in [-0.25, -0.2) is 0 Å². The normalized spacial score (nSPS) is 23.8. The number of benzene rings is 1. The second-order valence-electron chi connectivity index (χ2n) is 6.07. The SMILES string of the molecule is NC1CCC(NC(=O)CN2C(=O)c3ccc(Br)cc3C2=O)CC1. The maximum Gasteiger partial charge on any atom is 0.262 e. The minimum absolute atomic E-state index is 0.0756. The minimum atomic E-state index is -0.424. The lowest BCUT2D eigenvalue weighted by molar-refractivity contribution is -0.122. The van der Waals surface area contributed by atoms with E-state index in [1.54, 1.807) is 18.2 Å². The van der Waals surface area contributed by atoms with E-state index in [2.05, 4.69) is 21.2 Å². The molecule has 7 heteroatoms. The van der Waals surface area contributed by atoms with E-state index in [1.807, 2.05) is 0 Å². The molecule has 1 fully saturated rings. The van der Waals surface area contributed by atoms with Crippen molar-refractivity contribution in [3.63, 3.8) is 0 Å². The number of carbonyl (C=O) groups is 3. The second-order valence-corrected chi connectivity index (χ2v) is 6.98. The van der Waals surface area contributed by atoms with E-state index in [-0.39, 0.29) is 24.5 Å². The summed E-state index contributed by atoms with van der Waals surface area (Å²) in [6.07, 6.45) is 3.43. The Morgan fingerprint density at radius 2 is 1.83 bits per heavy atom. The van der Waals surface area contributed by atoms with Crippen LogP contribution in [0, 0.1) is 0 Å². The number of nitrogens with zero attached hydrogens (tertiary/aromatic N) is 1. The minimum Gasteiger partial charge on any atom is -0.352 e. The van der Waals surface area contributed by atoms with Gasteiger partial charge in [0.2, 0.25) is 5.91 Å². The predicted octanol–water partition coefficient (Wildman–Crippen LogP) is 1.43. The van der Waals surface area contributed by atoms with Gasteiger partial charge in [-0.1, -0.05) is 15.9 Å². The molecule has 3 amide bonds. The van der Waals surface area contributed by atoms with Gasteiger partial charge < -0.3 is 11.1 Å². The van der Waals surface area contributed by atoms with Crippen molar-refractivity contribution in [3.8, 4) is 0 Å². The number of carbonyl (C=O) groups excluding carboxylic acids is 3. The molecule has 1 heterocycles. The van der Waals surface area contributed by atoms with Crippen LogP contribution >= 0.6 is 15.9 Å². The Labute approximate surface area is 142 Å². The fourth-order valence-corrected chi connectivity index (χ4v) is 3.45. The van der Waals surface area contributed by atoms with Crippen molar-refractivity contribution in [1.82, 2.24) is 10.2 Å². The zero-order chi connectivity index (χ0) is 16.6. The monoisotopic (exact) mass is 379 g/mol. The first-order valence-electron chi connectivity index (χ1n) is 7.66. The van der Waals surface area contributed by atoms with Crippen LogP contribution in [0.3, 0.4) is 0 Å². The van der Waals surface area contributed by atoms with Crippen LogP contribution < -0.4 is 11.1 Å². The van der Waals surface area contributed by atoms with Crippen LogP contribution in [0.2, 0.25) is 0 Å². The van der Waals surface area contributed by atoms with E-state index in [0.29, 0.717) is 11.1 Å². The molecule has 1 aliphatic heterocycles. The lowest BCUT2D eigenvalue weighted by atomic mass is 9.92. The van der Waals surface area contributed by atoms with Crippen LogP contribution in [0.15, 0.2) is 22.7 Å². The van der Waals surface area contributed by atoms with Crippen LogP contribution in [0.5, 0.6) is 0 Å². The van der Waals surface area contributed by atoms with Gasteiger partial charge in [0.15, 0.2) is 0 Å². The summed E-state index contributed by atoms with van der Waals surface area (Å²) in [5, 5.41) is 2.90. The quantitative estimate of drug-likeness (QED) is 0.776. The Morgan fingerprint density at radius 3 is 2.52 bits per heavy atom. The number of nitrogens with one attached hydrogen (secondary N) is 1. The van der Waals surface area contributed by atoms with Crippen molar-refractivity contribution in [1.29, 1.82) is 0 Å². The Balaban J connectivity index is 1.63. The van der Waals surface area contributed by atoms with Crippen molar-refractivity contribution in [2.75, 3.05) is 6.54 Å². The van der Waals surface area contributed by atoms with Gasteiger partial charge in [0.1, 0.15) is 6.54 Å². The summed E-state index contributed by atoms with van der Waals surface area (Å²) in [4.78, 5) is 37.8. The van der Waals surface area contributed by atoms with Crippen molar-refractivity contribution in [2.24, 2.45) is 5.73 Å². The summed E-state index contributed by atoms with van der Waals surface area (Å²) < 4.78 is 0.724. The van der Waals surface area contributed by atoms with Gasteiger partial charge in [0.05, 0.1) is 11.1 Å². The molecular weight excluding hydrogens is 362 g/mol. The molecule has 1 aliphatic carbocycles. The van der Waals surface area contributed by atoms with E-state index in [0.717, 1.165) is 35.1 Å². The first-order chi connectivity index (χ1) is 11.0. The summed E-state index contributed by atoms with van der Waals surface area (Å²) >= 11 is 3.28. The highest BCUT2D eigenvalue weighted by Gasteiger charge is 2.37. The molecule has 1 aromatic rings. The first kappa shape index (κ1) is 16.1. The van der Waals surface area contributed by atoms with Gasteiger partial charge in [-0.05, 0) is 43.9 Å². The summed E-state index contributed by atoms with van der Waals surface area (Å²) in [6.45, 7) is -0.244. The smallest absolute Gasteiger partial charge is 0.262 e. The van der Waals surface area contributed by atoms with E-state index >= 15 is 0 Å². The number of imide groups is 1. The van der Waals surface area contributed by atoms with Gasteiger partial charge in [0, 0.05) is 16.6 Å². The molecule has 0 aromatic heterocycles. The number of halogens is 1. The first-order valence-corrected chi connectivity index (χ1v) is 8.45.